The van der Waals surface area contributed by atoms with Gasteiger partial charge in [-0.3, -0.25) is 5.43 Å². The summed E-state index contributed by atoms with van der Waals surface area (Å²) in [6, 6.07) is 13.4. The van der Waals surface area contributed by atoms with Crippen molar-refractivity contribution < 1.29 is 4.42 Å². The van der Waals surface area contributed by atoms with Crippen molar-refractivity contribution in [2.75, 3.05) is 0 Å². The van der Waals surface area contributed by atoms with Crippen molar-refractivity contribution >= 4 is 44.8 Å². The maximum absolute atomic E-state index is 12.1. The fraction of sp³-hybridized carbons (Fsp3) is 0.0625. The van der Waals surface area contributed by atoms with Crippen LogP contribution in [0.5, 0.6) is 0 Å². The van der Waals surface area contributed by atoms with E-state index in [1.54, 1.807) is 19.1 Å². The predicted molar refractivity (Wildman–Crippen MR) is 92.1 cm³/mol. The van der Waals surface area contributed by atoms with Crippen LogP contribution in [0.1, 0.15) is 12.5 Å². The van der Waals surface area contributed by atoms with Gasteiger partial charge in [0, 0.05) is 5.39 Å². The zero-order valence-corrected chi connectivity index (χ0v) is 12.6. The number of nitrogens with zero attached hydrogens (tertiary/aromatic N) is 1. The SMILES string of the molecule is C/C(=N\NC(N)=S)c1cc2c(ccc3ccccc32)oc1=O. The van der Waals surface area contributed by atoms with Crippen LogP contribution in [-0.2, 0) is 0 Å². The van der Waals surface area contributed by atoms with Gasteiger partial charge in [0.05, 0.1) is 11.3 Å². The Hall–Kier alpha value is -2.73. The summed E-state index contributed by atoms with van der Waals surface area (Å²) in [7, 11) is 0. The number of benzene rings is 2. The summed E-state index contributed by atoms with van der Waals surface area (Å²) in [5.74, 6) is 0. The van der Waals surface area contributed by atoms with Crippen molar-refractivity contribution in [2.45, 2.75) is 6.92 Å². The molecule has 5 nitrogen and oxygen atoms in total. The lowest BCUT2D eigenvalue weighted by Gasteiger charge is -2.05. The molecule has 2 aromatic carbocycles. The lowest BCUT2D eigenvalue weighted by Crippen LogP contribution is -2.26. The number of thiocarbonyl (C=S) groups is 1. The van der Waals surface area contributed by atoms with Gasteiger partial charge >= 0.3 is 5.63 Å². The van der Waals surface area contributed by atoms with Gasteiger partial charge in [0.25, 0.3) is 0 Å². The topological polar surface area (TPSA) is 80.6 Å². The first kappa shape index (κ1) is 14.2. The van der Waals surface area contributed by atoms with Gasteiger partial charge in [-0.15, -0.1) is 0 Å². The van der Waals surface area contributed by atoms with Crippen LogP contribution in [0.2, 0.25) is 0 Å². The second-order valence-corrected chi connectivity index (χ2v) is 5.26. The summed E-state index contributed by atoms with van der Waals surface area (Å²) in [4.78, 5) is 12.1. The van der Waals surface area contributed by atoms with E-state index in [9.17, 15) is 4.79 Å². The highest BCUT2D eigenvalue weighted by molar-refractivity contribution is 7.80. The average molecular weight is 311 g/mol. The molecule has 1 heterocycles. The second-order valence-electron chi connectivity index (χ2n) is 4.82. The number of rotatable bonds is 2. The van der Waals surface area contributed by atoms with E-state index in [1.165, 1.54) is 0 Å². The highest BCUT2D eigenvalue weighted by Gasteiger charge is 2.10. The van der Waals surface area contributed by atoms with Gasteiger partial charge in [-0.05, 0) is 42.0 Å². The number of hydrogen-bond donors (Lipinski definition) is 2. The third kappa shape index (κ3) is 2.56. The fourth-order valence-electron chi connectivity index (χ4n) is 2.32. The molecule has 0 amide bonds. The summed E-state index contributed by atoms with van der Waals surface area (Å²) < 4.78 is 5.40. The molecular formula is C16H13N3O2S. The molecule has 0 aliphatic rings. The number of hydrazone groups is 1. The average Bonchev–Trinajstić information content (AvgIpc) is 2.51. The quantitative estimate of drug-likeness (QED) is 0.250. The Bertz CT molecular complexity index is 976. The van der Waals surface area contributed by atoms with E-state index in [1.807, 2.05) is 30.3 Å². The maximum Gasteiger partial charge on any atom is 0.345 e. The van der Waals surface area contributed by atoms with Crippen LogP contribution in [0, 0.1) is 0 Å². The van der Waals surface area contributed by atoms with E-state index in [4.69, 9.17) is 22.4 Å². The first-order valence-electron chi connectivity index (χ1n) is 6.62. The molecule has 3 rings (SSSR count). The Morgan fingerprint density at radius 2 is 2.00 bits per heavy atom. The zero-order chi connectivity index (χ0) is 15.7. The number of hydrogen-bond acceptors (Lipinski definition) is 4. The number of fused-ring (bicyclic) bond motifs is 3. The Labute approximate surface area is 131 Å². The van der Waals surface area contributed by atoms with Crippen molar-refractivity contribution in [1.82, 2.24) is 5.43 Å². The molecule has 0 atom stereocenters. The second kappa shape index (κ2) is 5.57. The first-order chi connectivity index (χ1) is 10.6. The Morgan fingerprint density at radius 3 is 2.77 bits per heavy atom. The highest BCUT2D eigenvalue weighted by atomic mass is 32.1. The molecule has 6 heteroatoms. The van der Waals surface area contributed by atoms with Crippen molar-refractivity contribution in [2.24, 2.45) is 10.8 Å². The summed E-state index contributed by atoms with van der Waals surface area (Å²) in [6.07, 6.45) is 0. The molecule has 0 aliphatic carbocycles. The monoisotopic (exact) mass is 311 g/mol. The van der Waals surface area contributed by atoms with Crippen LogP contribution in [0.25, 0.3) is 21.7 Å². The van der Waals surface area contributed by atoms with Crippen LogP contribution in [0.15, 0.2) is 56.8 Å². The molecule has 0 spiro atoms. The van der Waals surface area contributed by atoms with Gasteiger partial charge in [0.15, 0.2) is 5.11 Å². The number of nitrogens with one attached hydrogen (secondary N) is 1. The molecule has 1 aromatic heterocycles. The van der Waals surface area contributed by atoms with Crippen LogP contribution in [-0.4, -0.2) is 10.8 Å². The van der Waals surface area contributed by atoms with E-state index < -0.39 is 5.63 Å². The molecule has 0 radical (unpaired) electrons. The summed E-state index contributed by atoms with van der Waals surface area (Å²) in [5, 5.41) is 6.97. The standard InChI is InChI=1S/C16H13N3O2S/c1-9(18-19-16(17)22)12-8-13-11-5-3-2-4-10(11)6-7-14(13)21-15(12)20/h2-8H,1H3,(H3,17,19,22)/b18-9+. The summed E-state index contributed by atoms with van der Waals surface area (Å²) in [5.41, 5.74) is 8.72. The molecule has 0 saturated carbocycles. The fourth-order valence-corrected chi connectivity index (χ4v) is 2.37. The van der Waals surface area contributed by atoms with E-state index in [0.717, 1.165) is 16.2 Å². The van der Waals surface area contributed by atoms with Gasteiger partial charge in [-0.2, -0.15) is 5.10 Å². The van der Waals surface area contributed by atoms with Crippen LogP contribution >= 0.6 is 12.2 Å². The van der Waals surface area contributed by atoms with E-state index in [-0.39, 0.29) is 5.11 Å². The number of nitrogens with two attached hydrogens (primary N) is 1. The zero-order valence-electron chi connectivity index (χ0n) is 11.8. The molecule has 22 heavy (non-hydrogen) atoms. The van der Waals surface area contributed by atoms with Crippen molar-refractivity contribution in [3.8, 4) is 0 Å². The molecule has 3 aromatic rings. The first-order valence-corrected chi connectivity index (χ1v) is 7.03. The van der Waals surface area contributed by atoms with Crippen molar-refractivity contribution in [3.05, 3.63) is 58.4 Å². The minimum absolute atomic E-state index is 0.0370. The van der Waals surface area contributed by atoms with Gasteiger partial charge in [0.2, 0.25) is 0 Å². The van der Waals surface area contributed by atoms with E-state index in [0.29, 0.717) is 16.9 Å². The van der Waals surface area contributed by atoms with Gasteiger partial charge < -0.3 is 10.2 Å². The van der Waals surface area contributed by atoms with Crippen LogP contribution < -0.4 is 16.8 Å². The Morgan fingerprint density at radius 1 is 1.23 bits per heavy atom. The van der Waals surface area contributed by atoms with Crippen molar-refractivity contribution in [3.63, 3.8) is 0 Å². The van der Waals surface area contributed by atoms with Crippen molar-refractivity contribution in [1.29, 1.82) is 0 Å². The normalized spacial score (nSPS) is 11.8. The van der Waals surface area contributed by atoms with Crippen LogP contribution in [0.3, 0.4) is 0 Å². The lowest BCUT2D eigenvalue weighted by atomic mass is 10.0. The largest absolute Gasteiger partial charge is 0.422 e. The van der Waals surface area contributed by atoms with Gasteiger partial charge in [0.1, 0.15) is 5.58 Å². The molecule has 0 aliphatic heterocycles. The third-order valence-corrected chi connectivity index (χ3v) is 3.46. The predicted octanol–water partition coefficient (Wildman–Crippen LogP) is 2.50. The molecule has 0 fully saturated rings. The van der Waals surface area contributed by atoms with Gasteiger partial charge in [-0.1, -0.05) is 30.3 Å². The molecule has 0 unspecified atom stereocenters. The van der Waals surface area contributed by atoms with Crippen LogP contribution in [0.4, 0.5) is 0 Å². The molecule has 0 saturated heterocycles. The Kier molecular flexibility index (Phi) is 3.60. The molecule has 110 valence electrons. The smallest absolute Gasteiger partial charge is 0.345 e. The third-order valence-electron chi connectivity index (χ3n) is 3.37. The van der Waals surface area contributed by atoms with Gasteiger partial charge in [-0.25, -0.2) is 4.79 Å². The van der Waals surface area contributed by atoms with E-state index >= 15 is 0 Å². The Balaban J connectivity index is 2.26. The minimum atomic E-state index is -0.450. The molecule has 3 N–H and O–H groups in total. The molecular weight excluding hydrogens is 298 g/mol. The highest BCUT2D eigenvalue weighted by Crippen LogP contribution is 2.24. The van der Waals surface area contributed by atoms with E-state index in [2.05, 4.69) is 10.5 Å². The summed E-state index contributed by atoms with van der Waals surface area (Å²) in [6.45, 7) is 1.69. The minimum Gasteiger partial charge on any atom is -0.422 e. The maximum atomic E-state index is 12.1. The summed E-state index contributed by atoms with van der Waals surface area (Å²) >= 11 is 4.69. The molecule has 0 bridgehead atoms. The lowest BCUT2D eigenvalue weighted by molar-refractivity contribution is 0.559.